The van der Waals surface area contributed by atoms with Crippen LogP contribution in [-0.4, -0.2) is 54.7 Å². The molecule has 0 bridgehead atoms. The molecule has 0 saturated carbocycles. The Kier molecular flexibility index (Phi) is 7.13. The standard InChI is InChI=1S/C16H27FN2O/c1-5-19(13(2)12-18(3)4)10-9-16(20)14-7-6-8-15(17)11-14/h6-8,11,13,16,20H,5,9-10,12H2,1-4H3. The van der Waals surface area contributed by atoms with E-state index in [0.29, 0.717) is 18.0 Å². The van der Waals surface area contributed by atoms with Crippen LogP contribution in [0.3, 0.4) is 0 Å². The van der Waals surface area contributed by atoms with E-state index in [1.165, 1.54) is 12.1 Å². The molecule has 0 spiro atoms. The van der Waals surface area contributed by atoms with Gasteiger partial charge in [0, 0.05) is 19.1 Å². The van der Waals surface area contributed by atoms with Gasteiger partial charge >= 0.3 is 0 Å². The van der Waals surface area contributed by atoms with Crippen LogP contribution in [0, 0.1) is 5.82 Å². The summed E-state index contributed by atoms with van der Waals surface area (Å²) in [5.74, 6) is -0.296. The molecular weight excluding hydrogens is 255 g/mol. The molecule has 0 radical (unpaired) electrons. The highest BCUT2D eigenvalue weighted by Crippen LogP contribution is 2.18. The summed E-state index contributed by atoms with van der Waals surface area (Å²) in [5, 5.41) is 10.1. The van der Waals surface area contributed by atoms with E-state index in [9.17, 15) is 9.50 Å². The van der Waals surface area contributed by atoms with Gasteiger partial charge in [0.2, 0.25) is 0 Å². The molecular formula is C16H27FN2O. The highest BCUT2D eigenvalue weighted by Gasteiger charge is 2.15. The first-order valence-electron chi connectivity index (χ1n) is 7.26. The predicted octanol–water partition coefficient (Wildman–Crippen LogP) is 2.52. The smallest absolute Gasteiger partial charge is 0.123 e. The number of benzene rings is 1. The lowest BCUT2D eigenvalue weighted by Crippen LogP contribution is -2.40. The van der Waals surface area contributed by atoms with Crippen LogP contribution >= 0.6 is 0 Å². The van der Waals surface area contributed by atoms with Crippen molar-refractivity contribution in [3.8, 4) is 0 Å². The minimum absolute atomic E-state index is 0.296. The molecule has 2 atom stereocenters. The van der Waals surface area contributed by atoms with Crippen LogP contribution in [0.5, 0.6) is 0 Å². The van der Waals surface area contributed by atoms with Crippen LogP contribution in [0.15, 0.2) is 24.3 Å². The summed E-state index contributed by atoms with van der Waals surface area (Å²) in [4.78, 5) is 4.50. The number of hydrogen-bond acceptors (Lipinski definition) is 3. The molecule has 3 nitrogen and oxygen atoms in total. The van der Waals surface area contributed by atoms with Crippen molar-refractivity contribution in [2.45, 2.75) is 32.4 Å². The van der Waals surface area contributed by atoms with Gasteiger partial charge in [0.1, 0.15) is 5.82 Å². The molecule has 0 aliphatic heterocycles. The maximum Gasteiger partial charge on any atom is 0.123 e. The topological polar surface area (TPSA) is 26.7 Å². The highest BCUT2D eigenvalue weighted by atomic mass is 19.1. The maximum atomic E-state index is 13.1. The SMILES string of the molecule is CCN(CCC(O)c1cccc(F)c1)C(C)CN(C)C. The quantitative estimate of drug-likeness (QED) is 0.793. The van der Waals surface area contributed by atoms with Crippen molar-refractivity contribution in [2.75, 3.05) is 33.7 Å². The van der Waals surface area contributed by atoms with Crippen LogP contribution in [0.4, 0.5) is 4.39 Å². The lowest BCUT2D eigenvalue weighted by Gasteiger charge is -2.30. The molecule has 4 heteroatoms. The Balaban J connectivity index is 2.51. The molecule has 0 amide bonds. The first-order valence-corrected chi connectivity index (χ1v) is 7.26. The number of rotatable bonds is 8. The molecule has 2 unspecified atom stereocenters. The first-order chi connectivity index (χ1) is 9.43. The Morgan fingerprint density at radius 3 is 2.55 bits per heavy atom. The molecule has 0 saturated heterocycles. The van der Waals surface area contributed by atoms with Crippen molar-refractivity contribution >= 4 is 0 Å². The van der Waals surface area contributed by atoms with Crippen molar-refractivity contribution in [3.63, 3.8) is 0 Å². The Morgan fingerprint density at radius 2 is 2.00 bits per heavy atom. The number of nitrogens with zero attached hydrogens (tertiary/aromatic N) is 2. The van der Waals surface area contributed by atoms with Gasteiger partial charge in [-0.2, -0.15) is 0 Å². The van der Waals surface area contributed by atoms with Crippen LogP contribution in [-0.2, 0) is 0 Å². The highest BCUT2D eigenvalue weighted by molar-refractivity contribution is 5.18. The second kappa shape index (κ2) is 8.35. The van der Waals surface area contributed by atoms with Crippen LogP contribution in [0.1, 0.15) is 31.9 Å². The van der Waals surface area contributed by atoms with E-state index in [2.05, 4.69) is 37.7 Å². The molecule has 0 aliphatic rings. The molecule has 114 valence electrons. The van der Waals surface area contributed by atoms with Gasteiger partial charge in [-0.05, 0) is 51.7 Å². The van der Waals surface area contributed by atoms with Gasteiger partial charge in [0.25, 0.3) is 0 Å². The lowest BCUT2D eigenvalue weighted by atomic mass is 10.1. The largest absolute Gasteiger partial charge is 0.388 e. The third kappa shape index (κ3) is 5.57. The van der Waals surface area contributed by atoms with E-state index in [1.807, 2.05) is 0 Å². The van der Waals surface area contributed by atoms with E-state index in [0.717, 1.165) is 19.6 Å². The van der Waals surface area contributed by atoms with Crippen molar-refractivity contribution < 1.29 is 9.50 Å². The molecule has 20 heavy (non-hydrogen) atoms. The summed E-state index contributed by atoms with van der Waals surface area (Å²) in [6.07, 6.45) is 0.0148. The summed E-state index contributed by atoms with van der Waals surface area (Å²) in [6.45, 7) is 7.07. The summed E-state index contributed by atoms with van der Waals surface area (Å²) in [7, 11) is 4.12. The lowest BCUT2D eigenvalue weighted by molar-refractivity contribution is 0.120. The first kappa shape index (κ1) is 17.1. The van der Waals surface area contributed by atoms with Gasteiger partial charge in [-0.3, -0.25) is 4.90 Å². The maximum absolute atomic E-state index is 13.1. The Morgan fingerprint density at radius 1 is 1.30 bits per heavy atom. The van der Waals surface area contributed by atoms with Gasteiger partial charge in [0.15, 0.2) is 0 Å². The molecule has 1 aromatic rings. The zero-order valence-corrected chi connectivity index (χ0v) is 13.0. The summed E-state index contributed by atoms with van der Waals surface area (Å²) >= 11 is 0. The third-order valence-corrected chi connectivity index (χ3v) is 3.58. The number of aliphatic hydroxyl groups excluding tert-OH is 1. The normalized spacial score (nSPS) is 14.8. The van der Waals surface area contributed by atoms with E-state index >= 15 is 0 Å². The van der Waals surface area contributed by atoms with Gasteiger partial charge in [-0.25, -0.2) is 4.39 Å². The zero-order valence-electron chi connectivity index (χ0n) is 13.0. The van der Waals surface area contributed by atoms with E-state index in [4.69, 9.17) is 0 Å². The van der Waals surface area contributed by atoms with Gasteiger partial charge in [-0.15, -0.1) is 0 Å². The van der Waals surface area contributed by atoms with Crippen LogP contribution in [0.25, 0.3) is 0 Å². The third-order valence-electron chi connectivity index (χ3n) is 3.58. The van der Waals surface area contributed by atoms with Crippen molar-refractivity contribution in [3.05, 3.63) is 35.6 Å². The fourth-order valence-electron chi connectivity index (χ4n) is 2.50. The zero-order chi connectivity index (χ0) is 15.1. The van der Waals surface area contributed by atoms with Crippen molar-refractivity contribution in [2.24, 2.45) is 0 Å². The summed E-state index contributed by atoms with van der Waals surface area (Å²) in [5.41, 5.74) is 0.654. The molecule has 1 aromatic carbocycles. The second-order valence-electron chi connectivity index (χ2n) is 5.60. The molecule has 1 rings (SSSR count). The van der Waals surface area contributed by atoms with Crippen molar-refractivity contribution in [1.82, 2.24) is 9.80 Å². The number of hydrogen-bond donors (Lipinski definition) is 1. The fourth-order valence-corrected chi connectivity index (χ4v) is 2.50. The predicted molar refractivity (Wildman–Crippen MR) is 81.2 cm³/mol. The fraction of sp³-hybridized carbons (Fsp3) is 0.625. The molecule has 0 aliphatic carbocycles. The van der Waals surface area contributed by atoms with Gasteiger partial charge < -0.3 is 10.0 Å². The van der Waals surface area contributed by atoms with Gasteiger partial charge in [-0.1, -0.05) is 19.1 Å². The van der Waals surface area contributed by atoms with Crippen molar-refractivity contribution in [1.29, 1.82) is 0 Å². The van der Waals surface area contributed by atoms with E-state index in [1.54, 1.807) is 12.1 Å². The van der Waals surface area contributed by atoms with Crippen LogP contribution < -0.4 is 0 Å². The number of aliphatic hydroxyl groups is 1. The Bertz CT molecular complexity index is 398. The number of likely N-dealkylation sites (N-methyl/N-ethyl adjacent to an activating group) is 2. The molecule has 0 heterocycles. The van der Waals surface area contributed by atoms with E-state index < -0.39 is 6.10 Å². The Hall–Kier alpha value is -0.970. The molecule has 0 aromatic heterocycles. The average molecular weight is 282 g/mol. The molecule has 1 N–H and O–H groups in total. The average Bonchev–Trinajstić information content (AvgIpc) is 2.38. The monoisotopic (exact) mass is 282 g/mol. The molecule has 0 fully saturated rings. The number of halogens is 1. The van der Waals surface area contributed by atoms with Crippen LogP contribution in [0.2, 0.25) is 0 Å². The van der Waals surface area contributed by atoms with E-state index in [-0.39, 0.29) is 5.82 Å². The second-order valence-corrected chi connectivity index (χ2v) is 5.60. The van der Waals surface area contributed by atoms with Gasteiger partial charge in [0.05, 0.1) is 6.10 Å². The summed E-state index contributed by atoms with van der Waals surface area (Å²) < 4.78 is 13.1. The minimum Gasteiger partial charge on any atom is -0.388 e. The minimum atomic E-state index is -0.605. The Labute approximate surface area is 122 Å². The summed E-state index contributed by atoms with van der Waals surface area (Å²) in [6, 6.07) is 6.65.